The number of allylic oxidation sites excluding steroid dienone is 12. The van der Waals surface area contributed by atoms with Gasteiger partial charge in [0, 0.05) is 19.4 Å². The Morgan fingerprint density at radius 1 is 0.554 bits per heavy atom. The molecule has 0 aliphatic carbocycles. The lowest BCUT2D eigenvalue weighted by Crippen LogP contribution is -2.29. The second-order valence-corrected chi connectivity index (χ2v) is 15.6. The van der Waals surface area contributed by atoms with Crippen LogP contribution in [0.15, 0.2) is 72.9 Å². The summed E-state index contributed by atoms with van der Waals surface area (Å²) in [5, 5.41) is 0. The second kappa shape index (κ2) is 42.1. The third kappa shape index (κ3) is 41.1. The number of rotatable bonds is 40. The van der Waals surface area contributed by atoms with E-state index in [0.29, 0.717) is 6.42 Å². The van der Waals surface area contributed by atoms with Crippen LogP contribution in [-0.2, 0) is 32.7 Å². The van der Waals surface area contributed by atoms with Crippen LogP contribution < -0.4 is 5.73 Å². The highest BCUT2D eigenvalue weighted by molar-refractivity contribution is 7.47. The van der Waals surface area contributed by atoms with Crippen molar-refractivity contribution >= 4 is 19.8 Å². The van der Waals surface area contributed by atoms with Crippen molar-refractivity contribution in [2.24, 2.45) is 5.73 Å². The van der Waals surface area contributed by atoms with Crippen LogP contribution in [-0.4, -0.2) is 49.3 Å². The first-order valence-corrected chi connectivity index (χ1v) is 23.4. The minimum absolute atomic E-state index is 0.0442. The Kier molecular flexibility index (Phi) is 40.2. The van der Waals surface area contributed by atoms with Crippen LogP contribution >= 0.6 is 7.82 Å². The molecule has 0 bridgehead atoms. The number of hydrogen-bond donors (Lipinski definition) is 2. The van der Waals surface area contributed by atoms with Crippen molar-refractivity contribution in [1.82, 2.24) is 0 Å². The number of hydrogen-bond acceptors (Lipinski definition) is 8. The van der Waals surface area contributed by atoms with E-state index in [2.05, 4.69) is 86.8 Å². The zero-order valence-electron chi connectivity index (χ0n) is 35.3. The molecule has 10 heteroatoms. The highest BCUT2D eigenvalue weighted by Gasteiger charge is 2.26. The Balaban J connectivity index is 4.22. The first kappa shape index (κ1) is 53.5. The lowest BCUT2D eigenvalue weighted by molar-refractivity contribution is -0.161. The minimum Gasteiger partial charge on any atom is -0.462 e. The van der Waals surface area contributed by atoms with E-state index in [4.69, 9.17) is 24.3 Å². The maximum absolute atomic E-state index is 12.6. The molecule has 0 aliphatic heterocycles. The predicted molar refractivity (Wildman–Crippen MR) is 233 cm³/mol. The van der Waals surface area contributed by atoms with Gasteiger partial charge in [-0.25, -0.2) is 4.57 Å². The van der Waals surface area contributed by atoms with Gasteiger partial charge in [-0.1, -0.05) is 151 Å². The van der Waals surface area contributed by atoms with E-state index in [1.807, 2.05) is 0 Å². The highest BCUT2D eigenvalue weighted by Crippen LogP contribution is 2.43. The van der Waals surface area contributed by atoms with Gasteiger partial charge in [0.2, 0.25) is 0 Å². The van der Waals surface area contributed by atoms with Gasteiger partial charge < -0.3 is 20.1 Å². The van der Waals surface area contributed by atoms with Crippen molar-refractivity contribution in [3.63, 3.8) is 0 Å². The molecule has 0 saturated heterocycles. The number of carbonyl (C=O) groups is 2. The van der Waals surface area contributed by atoms with E-state index < -0.39 is 32.5 Å². The lowest BCUT2D eigenvalue weighted by atomic mass is 10.1. The minimum atomic E-state index is -4.39. The van der Waals surface area contributed by atoms with Crippen LogP contribution in [0.4, 0.5) is 0 Å². The van der Waals surface area contributed by atoms with Gasteiger partial charge in [0.1, 0.15) is 6.61 Å². The number of unbranched alkanes of at least 4 members (excludes halogenated alkanes) is 15. The highest BCUT2D eigenvalue weighted by atomic mass is 31.2. The molecule has 0 aliphatic rings. The van der Waals surface area contributed by atoms with E-state index >= 15 is 0 Å². The zero-order chi connectivity index (χ0) is 41.1. The molecule has 0 aromatic rings. The Bertz CT molecular complexity index is 1150. The standard InChI is InChI=1S/C46H80NO8P/c1-3-5-7-9-11-13-15-17-19-21-23-24-26-28-30-32-34-36-38-45(48)52-42-44(43-54-56(50,51)53-41-40-47)55-46(49)39-37-35-33-31-29-27-25-22-20-18-16-14-12-10-8-6-4-2/h6,8,12-15,18-21,25,27,44H,3-5,7,9-11,16-17,22-24,26,28-43,47H2,1-2H3,(H,50,51)/b8-6-,14-12-,15-13-,20-18-,21-19-,27-25-. The fourth-order valence-corrected chi connectivity index (χ4v) is 6.36. The summed E-state index contributed by atoms with van der Waals surface area (Å²) in [6, 6.07) is 0. The summed E-state index contributed by atoms with van der Waals surface area (Å²) in [6.45, 7) is 3.55. The molecule has 0 heterocycles. The van der Waals surface area contributed by atoms with E-state index in [1.165, 1.54) is 51.4 Å². The molecule has 0 saturated carbocycles. The molecule has 2 atom stereocenters. The van der Waals surface area contributed by atoms with Gasteiger partial charge in [-0.2, -0.15) is 0 Å². The topological polar surface area (TPSA) is 134 Å². The predicted octanol–water partition coefficient (Wildman–Crippen LogP) is 12.7. The maximum atomic E-state index is 12.6. The SMILES string of the molecule is CC/C=C\C/C=C\C/C=C\C/C=C\CCCCCCC(=O)OC(COC(=O)CCCCCCCCC/C=C\C/C=C\CCCCCC)COP(=O)(O)OCCN. The van der Waals surface area contributed by atoms with Crippen molar-refractivity contribution < 1.29 is 37.6 Å². The summed E-state index contributed by atoms with van der Waals surface area (Å²) in [7, 11) is -4.39. The van der Waals surface area contributed by atoms with Crippen molar-refractivity contribution in [1.29, 1.82) is 0 Å². The molecule has 0 aromatic carbocycles. The smallest absolute Gasteiger partial charge is 0.462 e. The first-order chi connectivity index (χ1) is 27.3. The Morgan fingerprint density at radius 2 is 0.982 bits per heavy atom. The van der Waals surface area contributed by atoms with Crippen LogP contribution in [0.3, 0.4) is 0 Å². The summed E-state index contributed by atoms with van der Waals surface area (Å²) >= 11 is 0. The summed E-state index contributed by atoms with van der Waals surface area (Å²) in [6.07, 6.45) is 50.7. The fourth-order valence-electron chi connectivity index (χ4n) is 5.60. The molecule has 3 N–H and O–H groups in total. The number of ether oxygens (including phenoxy) is 2. The van der Waals surface area contributed by atoms with Crippen LogP contribution in [0.2, 0.25) is 0 Å². The lowest BCUT2D eigenvalue weighted by Gasteiger charge is -2.19. The van der Waals surface area contributed by atoms with Crippen molar-refractivity contribution in [3.05, 3.63) is 72.9 Å². The molecule has 9 nitrogen and oxygen atoms in total. The Labute approximate surface area is 341 Å². The molecule has 0 fully saturated rings. The molecule has 0 aromatic heterocycles. The second-order valence-electron chi connectivity index (χ2n) is 14.2. The van der Waals surface area contributed by atoms with Gasteiger partial charge in [0.05, 0.1) is 13.2 Å². The third-order valence-electron chi connectivity index (χ3n) is 8.83. The normalized spacial score (nSPS) is 14.0. The largest absolute Gasteiger partial charge is 0.472 e. The molecule has 322 valence electrons. The van der Waals surface area contributed by atoms with Crippen LogP contribution in [0.1, 0.15) is 174 Å². The van der Waals surface area contributed by atoms with Gasteiger partial charge in [0.25, 0.3) is 0 Å². The molecular weight excluding hydrogens is 725 g/mol. The van der Waals surface area contributed by atoms with E-state index in [0.717, 1.165) is 89.9 Å². The van der Waals surface area contributed by atoms with Crippen LogP contribution in [0.25, 0.3) is 0 Å². The number of nitrogens with two attached hydrogens (primary N) is 1. The molecule has 0 amide bonds. The summed E-state index contributed by atoms with van der Waals surface area (Å²) < 4.78 is 32.8. The van der Waals surface area contributed by atoms with Gasteiger partial charge in [-0.3, -0.25) is 18.6 Å². The van der Waals surface area contributed by atoms with Gasteiger partial charge in [-0.15, -0.1) is 0 Å². The quantitative estimate of drug-likeness (QED) is 0.0268. The van der Waals surface area contributed by atoms with Crippen molar-refractivity contribution in [3.8, 4) is 0 Å². The average Bonchev–Trinajstić information content (AvgIpc) is 3.18. The molecule has 0 radical (unpaired) electrons. The maximum Gasteiger partial charge on any atom is 0.472 e. The van der Waals surface area contributed by atoms with Gasteiger partial charge in [0.15, 0.2) is 6.10 Å². The molecule has 0 rings (SSSR count). The van der Waals surface area contributed by atoms with Crippen LogP contribution in [0.5, 0.6) is 0 Å². The number of phosphoric acid groups is 1. The van der Waals surface area contributed by atoms with E-state index in [-0.39, 0.29) is 32.6 Å². The van der Waals surface area contributed by atoms with E-state index in [9.17, 15) is 19.0 Å². The number of phosphoric ester groups is 1. The monoisotopic (exact) mass is 806 g/mol. The van der Waals surface area contributed by atoms with Crippen molar-refractivity contribution in [2.75, 3.05) is 26.4 Å². The van der Waals surface area contributed by atoms with Crippen LogP contribution in [0, 0.1) is 0 Å². The summed E-state index contributed by atoms with van der Waals surface area (Å²) in [4.78, 5) is 34.9. The first-order valence-electron chi connectivity index (χ1n) is 21.9. The zero-order valence-corrected chi connectivity index (χ0v) is 36.2. The van der Waals surface area contributed by atoms with Gasteiger partial charge >= 0.3 is 19.8 Å². The fraction of sp³-hybridized carbons (Fsp3) is 0.696. The molecule has 2 unspecified atom stereocenters. The molecule has 56 heavy (non-hydrogen) atoms. The molecular formula is C46H80NO8P. The number of carbonyl (C=O) groups excluding carboxylic acids is 2. The Morgan fingerprint density at radius 3 is 1.46 bits per heavy atom. The Hall–Kier alpha value is -2.55. The average molecular weight is 806 g/mol. The number of esters is 2. The van der Waals surface area contributed by atoms with Gasteiger partial charge in [-0.05, 0) is 83.5 Å². The summed E-state index contributed by atoms with van der Waals surface area (Å²) in [5.74, 6) is -0.870. The van der Waals surface area contributed by atoms with Crippen molar-refractivity contribution in [2.45, 2.75) is 180 Å². The molecule has 0 spiro atoms. The third-order valence-corrected chi connectivity index (χ3v) is 9.81. The van der Waals surface area contributed by atoms with E-state index in [1.54, 1.807) is 0 Å². The summed E-state index contributed by atoms with van der Waals surface area (Å²) in [5.41, 5.74) is 5.35.